The number of aromatic nitrogens is 1. The van der Waals surface area contributed by atoms with Crippen molar-refractivity contribution in [1.82, 2.24) is 4.98 Å². The zero-order chi connectivity index (χ0) is 19.2. The van der Waals surface area contributed by atoms with E-state index in [1.165, 1.54) is 12.1 Å². The highest BCUT2D eigenvalue weighted by atomic mass is 19.1. The molecule has 5 heteroatoms. The van der Waals surface area contributed by atoms with Crippen molar-refractivity contribution in [3.8, 4) is 0 Å². The van der Waals surface area contributed by atoms with Crippen molar-refractivity contribution in [3.63, 3.8) is 0 Å². The number of aryl methyl sites for hydroxylation is 1. The van der Waals surface area contributed by atoms with Gasteiger partial charge in [0.15, 0.2) is 0 Å². The summed E-state index contributed by atoms with van der Waals surface area (Å²) in [5.74, 6) is -0.480. The second kappa shape index (κ2) is 8.45. The first-order valence-corrected chi connectivity index (χ1v) is 8.85. The van der Waals surface area contributed by atoms with Gasteiger partial charge < -0.3 is 10.6 Å². The van der Waals surface area contributed by atoms with Gasteiger partial charge in [0.2, 0.25) is 0 Å². The van der Waals surface area contributed by atoms with Crippen LogP contribution in [0, 0.1) is 19.7 Å². The van der Waals surface area contributed by atoms with Gasteiger partial charge in [-0.2, -0.15) is 0 Å². The summed E-state index contributed by atoms with van der Waals surface area (Å²) in [5, 5.41) is 6.19. The Morgan fingerprint density at radius 2 is 1.85 bits per heavy atom. The van der Waals surface area contributed by atoms with Gasteiger partial charge in [-0.05, 0) is 67.3 Å². The largest absolute Gasteiger partial charge is 0.385 e. The van der Waals surface area contributed by atoms with Gasteiger partial charge in [-0.25, -0.2) is 4.39 Å². The van der Waals surface area contributed by atoms with Crippen LogP contribution in [0.25, 0.3) is 0 Å². The average Bonchev–Trinajstić information content (AvgIpc) is 2.67. The summed E-state index contributed by atoms with van der Waals surface area (Å²) in [6, 6.07) is 15.8. The zero-order valence-corrected chi connectivity index (χ0v) is 15.4. The molecule has 138 valence electrons. The summed E-state index contributed by atoms with van der Waals surface area (Å²) in [6.45, 7) is 4.66. The smallest absolute Gasteiger partial charge is 0.274 e. The number of hydrogen-bond acceptors (Lipinski definition) is 3. The Labute approximate surface area is 158 Å². The molecule has 0 radical (unpaired) electrons. The molecular formula is C22H22FN3O. The Bertz CT molecular complexity index is 939. The summed E-state index contributed by atoms with van der Waals surface area (Å²) < 4.78 is 12.9. The molecule has 0 spiro atoms. The van der Waals surface area contributed by atoms with E-state index in [1.807, 2.05) is 38.1 Å². The molecule has 0 aliphatic rings. The van der Waals surface area contributed by atoms with E-state index in [0.29, 0.717) is 12.2 Å². The van der Waals surface area contributed by atoms with Crippen LogP contribution in [-0.2, 0) is 6.42 Å². The molecular weight excluding hydrogens is 341 g/mol. The van der Waals surface area contributed by atoms with Crippen LogP contribution in [0.5, 0.6) is 0 Å². The maximum Gasteiger partial charge on any atom is 0.274 e. The Morgan fingerprint density at radius 1 is 1.07 bits per heavy atom. The Kier molecular flexibility index (Phi) is 5.81. The van der Waals surface area contributed by atoms with Gasteiger partial charge in [-0.15, -0.1) is 0 Å². The highest BCUT2D eigenvalue weighted by Gasteiger charge is 2.10. The van der Waals surface area contributed by atoms with Crippen LogP contribution < -0.4 is 10.6 Å². The van der Waals surface area contributed by atoms with Gasteiger partial charge in [0.05, 0.1) is 0 Å². The monoisotopic (exact) mass is 363 g/mol. The lowest BCUT2D eigenvalue weighted by Crippen LogP contribution is -2.15. The number of carbonyl (C=O) groups is 1. The molecule has 0 saturated heterocycles. The first kappa shape index (κ1) is 18.6. The molecule has 0 fully saturated rings. The fraction of sp³-hybridized carbons (Fsp3) is 0.182. The standard InChI is InChI=1S/C22H22FN3O/c1-15-4-3-5-20(16(15)2)26-22(27)21-14-19(11-13-25-21)24-12-10-17-6-8-18(23)9-7-17/h3-9,11,13-14H,10,12H2,1-2H3,(H,24,25)(H,26,27). The Morgan fingerprint density at radius 3 is 2.63 bits per heavy atom. The van der Waals surface area contributed by atoms with Gasteiger partial charge >= 0.3 is 0 Å². The second-order valence-electron chi connectivity index (χ2n) is 6.43. The average molecular weight is 363 g/mol. The predicted molar refractivity (Wildman–Crippen MR) is 107 cm³/mol. The maximum absolute atomic E-state index is 12.9. The number of nitrogens with one attached hydrogen (secondary N) is 2. The molecule has 1 heterocycles. The summed E-state index contributed by atoms with van der Waals surface area (Å²) in [7, 11) is 0. The van der Waals surface area contributed by atoms with E-state index >= 15 is 0 Å². The lowest BCUT2D eigenvalue weighted by molar-refractivity contribution is 0.102. The SMILES string of the molecule is Cc1cccc(NC(=O)c2cc(NCCc3ccc(F)cc3)ccn2)c1C. The number of nitrogens with zero attached hydrogens (tertiary/aromatic N) is 1. The predicted octanol–water partition coefficient (Wildman–Crippen LogP) is 4.74. The van der Waals surface area contributed by atoms with Gasteiger partial charge in [-0.1, -0.05) is 24.3 Å². The van der Waals surface area contributed by atoms with E-state index in [-0.39, 0.29) is 11.7 Å². The van der Waals surface area contributed by atoms with Crippen molar-refractivity contribution in [2.24, 2.45) is 0 Å². The molecule has 3 rings (SSSR count). The second-order valence-corrected chi connectivity index (χ2v) is 6.43. The van der Waals surface area contributed by atoms with E-state index in [9.17, 15) is 9.18 Å². The van der Waals surface area contributed by atoms with Crippen LogP contribution in [0.15, 0.2) is 60.8 Å². The molecule has 0 atom stereocenters. The molecule has 0 aliphatic heterocycles. The van der Waals surface area contributed by atoms with Crippen molar-refractivity contribution in [3.05, 3.63) is 89.0 Å². The highest BCUT2D eigenvalue weighted by molar-refractivity contribution is 6.03. The van der Waals surface area contributed by atoms with Crippen molar-refractivity contribution >= 4 is 17.3 Å². The van der Waals surface area contributed by atoms with Crippen molar-refractivity contribution in [2.75, 3.05) is 17.2 Å². The fourth-order valence-corrected chi connectivity index (χ4v) is 2.74. The molecule has 0 aliphatic carbocycles. The van der Waals surface area contributed by atoms with Gasteiger partial charge in [0, 0.05) is 24.1 Å². The van der Waals surface area contributed by atoms with E-state index in [2.05, 4.69) is 15.6 Å². The van der Waals surface area contributed by atoms with Crippen molar-refractivity contribution in [1.29, 1.82) is 0 Å². The first-order valence-electron chi connectivity index (χ1n) is 8.85. The quantitative estimate of drug-likeness (QED) is 0.665. The molecule has 2 aromatic carbocycles. The Balaban J connectivity index is 1.61. The lowest BCUT2D eigenvalue weighted by atomic mass is 10.1. The molecule has 1 amide bonds. The Hall–Kier alpha value is -3.21. The number of benzene rings is 2. The minimum Gasteiger partial charge on any atom is -0.385 e. The topological polar surface area (TPSA) is 54.0 Å². The summed E-state index contributed by atoms with van der Waals surface area (Å²) in [5.41, 5.74) is 5.17. The molecule has 0 saturated carbocycles. The zero-order valence-electron chi connectivity index (χ0n) is 15.4. The number of rotatable bonds is 6. The molecule has 0 bridgehead atoms. The summed E-state index contributed by atoms with van der Waals surface area (Å²) in [6.07, 6.45) is 2.37. The summed E-state index contributed by atoms with van der Waals surface area (Å²) in [4.78, 5) is 16.7. The lowest BCUT2D eigenvalue weighted by Gasteiger charge is -2.11. The van der Waals surface area contributed by atoms with Crippen LogP contribution in [0.2, 0.25) is 0 Å². The van der Waals surface area contributed by atoms with Crippen LogP contribution >= 0.6 is 0 Å². The minimum atomic E-state index is -0.245. The van der Waals surface area contributed by atoms with Crippen molar-refractivity contribution < 1.29 is 9.18 Å². The number of anilines is 2. The minimum absolute atomic E-state index is 0.236. The molecule has 0 unspecified atom stereocenters. The first-order chi connectivity index (χ1) is 13.0. The molecule has 4 nitrogen and oxygen atoms in total. The van der Waals surface area contributed by atoms with E-state index in [0.717, 1.165) is 34.5 Å². The van der Waals surface area contributed by atoms with E-state index in [1.54, 1.807) is 24.4 Å². The maximum atomic E-state index is 12.9. The van der Waals surface area contributed by atoms with Gasteiger partial charge in [0.25, 0.3) is 5.91 Å². The van der Waals surface area contributed by atoms with Crippen LogP contribution in [0.3, 0.4) is 0 Å². The number of hydrogen-bond donors (Lipinski definition) is 2. The third kappa shape index (κ3) is 4.91. The third-order valence-corrected chi connectivity index (χ3v) is 4.50. The highest BCUT2D eigenvalue weighted by Crippen LogP contribution is 2.19. The molecule has 3 aromatic rings. The normalized spacial score (nSPS) is 10.5. The molecule has 1 aromatic heterocycles. The number of amides is 1. The van der Waals surface area contributed by atoms with Crippen molar-refractivity contribution in [2.45, 2.75) is 20.3 Å². The van der Waals surface area contributed by atoms with Crippen LogP contribution in [0.4, 0.5) is 15.8 Å². The van der Waals surface area contributed by atoms with Crippen LogP contribution in [0.1, 0.15) is 27.2 Å². The van der Waals surface area contributed by atoms with Gasteiger partial charge in [0.1, 0.15) is 11.5 Å². The number of pyridine rings is 1. The van der Waals surface area contributed by atoms with Crippen LogP contribution in [-0.4, -0.2) is 17.4 Å². The van der Waals surface area contributed by atoms with Gasteiger partial charge in [-0.3, -0.25) is 9.78 Å². The fourth-order valence-electron chi connectivity index (χ4n) is 2.74. The molecule has 2 N–H and O–H groups in total. The van der Waals surface area contributed by atoms with E-state index < -0.39 is 0 Å². The van der Waals surface area contributed by atoms with E-state index in [4.69, 9.17) is 0 Å². The summed E-state index contributed by atoms with van der Waals surface area (Å²) >= 11 is 0. The third-order valence-electron chi connectivity index (χ3n) is 4.50. The molecule has 27 heavy (non-hydrogen) atoms. The number of halogens is 1. The number of carbonyl (C=O) groups excluding carboxylic acids is 1.